The Bertz CT molecular complexity index is 719. The van der Waals surface area contributed by atoms with E-state index in [1.165, 1.54) is 21.8 Å². The van der Waals surface area contributed by atoms with Crippen LogP contribution in [0.15, 0.2) is 30.3 Å². The molecule has 1 amide bonds. The van der Waals surface area contributed by atoms with E-state index < -0.39 is 12.1 Å². The van der Waals surface area contributed by atoms with Crippen LogP contribution in [0.25, 0.3) is 0 Å². The van der Waals surface area contributed by atoms with Crippen molar-refractivity contribution in [2.45, 2.75) is 46.8 Å². The molecule has 0 spiro atoms. The maximum Gasteiger partial charge on any atom is 0.349 e. The number of benzene rings is 1. The SMILES string of the molecule is CCc1sc(C(=O)O[C@@H](C)C(=O)NCc2ccc(C)cc2)cc1C. The first-order chi connectivity index (χ1) is 11.4. The highest BCUT2D eigenvalue weighted by Gasteiger charge is 2.20. The van der Waals surface area contributed by atoms with E-state index in [9.17, 15) is 9.59 Å². The number of carbonyl (C=O) groups is 2. The lowest BCUT2D eigenvalue weighted by Crippen LogP contribution is -2.35. The van der Waals surface area contributed by atoms with Crippen LogP contribution in [-0.2, 0) is 22.5 Å². The third kappa shape index (κ3) is 4.68. The van der Waals surface area contributed by atoms with Crippen LogP contribution in [0, 0.1) is 13.8 Å². The van der Waals surface area contributed by atoms with Gasteiger partial charge in [0, 0.05) is 11.4 Å². The van der Waals surface area contributed by atoms with Crippen molar-refractivity contribution in [3.8, 4) is 0 Å². The predicted octanol–water partition coefficient (Wildman–Crippen LogP) is 3.79. The van der Waals surface area contributed by atoms with Gasteiger partial charge in [-0.2, -0.15) is 0 Å². The second kappa shape index (κ2) is 8.11. The average molecular weight is 345 g/mol. The quantitative estimate of drug-likeness (QED) is 0.811. The summed E-state index contributed by atoms with van der Waals surface area (Å²) in [4.78, 5) is 26.0. The molecule has 1 heterocycles. The smallest absolute Gasteiger partial charge is 0.349 e. The van der Waals surface area contributed by atoms with Crippen LogP contribution < -0.4 is 5.32 Å². The van der Waals surface area contributed by atoms with Crippen molar-refractivity contribution in [3.05, 3.63) is 56.8 Å². The molecule has 0 unspecified atom stereocenters. The van der Waals surface area contributed by atoms with Crippen LogP contribution in [-0.4, -0.2) is 18.0 Å². The molecule has 1 aromatic heterocycles. The molecule has 0 aliphatic heterocycles. The Morgan fingerprint density at radius 2 is 1.88 bits per heavy atom. The monoisotopic (exact) mass is 345 g/mol. The Balaban J connectivity index is 1.88. The minimum atomic E-state index is -0.824. The molecule has 0 saturated carbocycles. The maximum absolute atomic E-state index is 12.2. The maximum atomic E-state index is 12.2. The van der Waals surface area contributed by atoms with E-state index in [4.69, 9.17) is 4.74 Å². The molecule has 2 rings (SSSR count). The molecule has 5 heteroatoms. The Kier molecular flexibility index (Phi) is 6.15. The molecule has 1 atom stereocenters. The summed E-state index contributed by atoms with van der Waals surface area (Å²) in [5, 5.41) is 2.79. The van der Waals surface area contributed by atoms with E-state index in [0.717, 1.165) is 17.5 Å². The highest BCUT2D eigenvalue weighted by atomic mass is 32.1. The zero-order chi connectivity index (χ0) is 17.7. The van der Waals surface area contributed by atoms with Crippen LogP contribution in [0.4, 0.5) is 0 Å². The normalized spacial score (nSPS) is 11.8. The van der Waals surface area contributed by atoms with Crippen LogP contribution in [0.5, 0.6) is 0 Å². The lowest BCUT2D eigenvalue weighted by atomic mass is 10.1. The number of ether oxygens (including phenoxy) is 1. The minimum Gasteiger partial charge on any atom is -0.448 e. The molecule has 2 aromatic rings. The lowest BCUT2D eigenvalue weighted by Gasteiger charge is -2.13. The van der Waals surface area contributed by atoms with Crippen molar-refractivity contribution in [2.24, 2.45) is 0 Å². The van der Waals surface area contributed by atoms with Gasteiger partial charge in [-0.25, -0.2) is 4.79 Å². The number of thiophene rings is 1. The number of esters is 1. The van der Waals surface area contributed by atoms with Gasteiger partial charge >= 0.3 is 5.97 Å². The van der Waals surface area contributed by atoms with E-state index >= 15 is 0 Å². The molecular weight excluding hydrogens is 322 g/mol. The first-order valence-electron chi connectivity index (χ1n) is 8.04. The molecule has 0 saturated heterocycles. The number of hydrogen-bond acceptors (Lipinski definition) is 4. The molecule has 0 bridgehead atoms. The molecule has 24 heavy (non-hydrogen) atoms. The third-order valence-electron chi connectivity index (χ3n) is 3.78. The van der Waals surface area contributed by atoms with Crippen LogP contribution in [0.1, 0.15) is 45.1 Å². The Hall–Kier alpha value is -2.14. The third-order valence-corrected chi connectivity index (χ3v) is 5.14. The fourth-order valence-electron chi connectivity index (χ4n) is 2.28. The van der Waals surface area contributed by atoms with Crippen LogP contribution in [0.2, 0.25) is 0 Å². The zero-order valence-electron chi connectivity index (χ0n) is 14.5. The van der Waals surface area contributed by atoms with E-state index in [0.29, 0.717) is 11.4 Å². The molecular formula is C19H23NO3S. The van der Waals surface area contributed by atoms with Crippen molar-refractivity contribution < 1.29 is 14.3 Å². The van der Waals surface area contributed by atoms with Gasteiger partial charge in [0.05, 0.1) is 0 Å². The number of amides is 1. The van der Waals surface area contributed by atoms with Gasteiger partial charge in [0.25, 0.3) is 5.91 Å². The number of rotatable bonds is 6. The highest BCUT2D eigenvalue weighted by Crippen LogP contribution is 2.23. The molecule has 0 fully saturated rings. The van der Waals surface area contributed by atoms with E-state index in [1.807, 2.05) is 44.2 Å². The van der Waals surface area contributed by atoms with Gasteiger partial charge in [-0.1, -0.05) is 36.8 Å². The average Bonchev–Trinajstić information content (AvgIpc) is 2.95. The summed E-state index contributed by atoms with van der Waals surface area (Å²) in [6, 6.07) is 9.74. The van der Waals surface area contributed by atoms with Crippen molar-refractivity contribution in [2.75, 3.05) is 0 Å². The van der Waals surface area contributed by atoms with Gasteiger partial charge in [-0.3, -0.25) is 4.79 Å². The van der Waals surface area contributed by atoms with Crippen LogP contribution in [0.3, 0.4) is 0 Å². The van der Waals surface area contributed by atoms with Gasteiger partial charge in [0.1, 0.15) is 4.88 Å². The van der Waals surface area contributed by atoms with Gasteiger partial charge in [-0.15, -0.1) is 11.3 Å². The summed E-state index contributed by atoms with van der Waals surface area (Å²) in [6.45, 7) is 8.04. The molecule has 128 valence electrons. The van der Waals surface area contributed by atoms with Gasteiger partial charge < -0.3 is 10.1 Å². The van der Waals surface area contributed by atoms with E-state index in [1.54, 1.807) is 6.92 Å². The summed E-state index contributed by atoms with van der Waals surface area (Å²) in [7, 11) is 0. The van der Waals surface area contributed by atoms with Crippen LogP contribution >= 0.6 is 11.3 Å². The van der Waals surface area contributed by atoms with Crippen molar-refractivity contribution in [1.82, 2.24) is 5.32 Å². The minimum absolute atomic E-state index is 0.298. The first kappa shape index (κ1) is 18.2. The van der Waals surface area contributed by atoms with Gasteiger partial charge in [0.15, 0.2) is 6.10 Å². The lowest BCUT2D eigenvalue weighted by molar-refractivity contribution is -0.129. The van der Waals surface area contributed by atoms with Crippen molar-refractivity contribution in [1.29, 1.82) is 0 Å². The number of aryl methyl sites for hydroxylation is 3. The van der Waals surface area contributed by atoms with E-state index in [-0.39, 0.29) is 5.91 Å². The second-order valence-electron chi connectivity index (χ2n) is 5.82. The molecule has 1 N–H and O–H groups in total. The summed E-state index contributed by atoms with van der Waals surface area (Å²) in [6.07, 6.45) is 0.0616. The number of hydrogen-bond donors (Lipinski definition) is 1. The zero-order valence-corrected chi connectivity index (χ0v) is 15.3. The Labute approximate surface area is 146 Å². The Morgan fingerprint density at radius 1 is 1.21 bits per heavy atom. The van der Waals surface area contributed by atoms with Gasteiger partial charge in [-0.05, 0) is 44.4 Å². The van der Waals surface area contributed by atoms with E-state index in [2.05, 4.69) is 12.2 Å². The largest absolute Gasteiger partial charge is 0.448 e. The molecule has 0 radical (unpaired) electrons. The first-order valence-corrected chi connectivity index (χ1v) is 8.86. The van der Waals surface area contributed by atoms with Crippen molar-refractivity contribution in [3.63, 3.8) is 0 Å². The number of nitrogens with one attached hydrogen (secondary N) is 1. The predicted molar refractivity (Wildman–Crippen MR) is 96.3 cm³/mol. The molecule has 4 nitrogen and oxygen atoms in total. The number of carbonyl (C=O) groups excluding carboxylic acids is 2. The summed E-state index contributed by atoms with van der Waals surface area (Å²) >= 11 is 1.43. The second-order valence-corrected chi connectivity index (χ2v) is 6.96. The molecule has 0 aliphatic rings. The fraction of sp³-hybridized carbons (Fsp3) is 0.368. The summed E-state index contributed by atoms with van der Waals surface area (Å²) < 4.78 is 5.28. The fourth-order valence-corrected chi connectivity index (χ4v) is 3.28. The standard InChI is InChI=1S/C19H23NO3S/c1-5-16-13(3)10-17(24-16)19(22)23-14(4)18(21)20-11-15-8-6-12(2)7-9-15/h6-10,14H,5,11H2,1-4H3,(H,20,21)/t14-/m0/s1. The molecule has 0 aliphatic carbocycles. The highest BCUT2D eigenvalue weighted by molar-refractivity contribution is 7.14. The Morgan fingerprint density at radius 3 is 2.46 bits per heavy atom. The van der Waals surface area contributed by atoms with Crippen molar-refractivity contribution >= 4 is 23.2 Å². The topological polar surface area (TPSA) is 55.4 Å². The summed E-state index contributed by atoms with van der Waals surface area (Å²) in [5.74, 6) is -0.742. The van der Waals surface area contributed by atoms with Gasteiger partial charge in [0.2, 0.25) is 0 Å². The summed E-state index contributed by atoms with van der Waals surface area (Å²) in [5.41, 5.74) is 3.27. The molecule has 1 aromatic carbocycles.